The van der Waals surface area contributed by atoms with Gasteiger partial charge in [-0.3, -0.25) is 19.7 Å². The van der Waals surface area contributed by atoms with E-state index in [1.807, 2.05) is 0 Å². The lowest BCUT2D eigenvalue weighted by Gasteiger charge is -2.28. The van der Waals surface area contributed by atoms with Crippen LogP contribution in [0, 0.1) is 15.9 Å². The highest BCUT2D eigenvalue weighted by Gasteiger charge is 2.26. The van der Waals surface area contributed by atoms with Crippen LogP contribution in [0.3, 0.4) is 0 Å². The van der Waals surface area contributed by atoms with Crippen LogP contribution < -0.4 is 0 Å². The van der Waals surface area contributed by atoms with Gasteiger partial charge in [0.25, 0.3) is 5.69 Å². The summed E-state index contributed by atoms with van der Waals surface area (Å²) in [6.45, 7) is 1.06. The summed E-state index contributed by atoms with van der Waals surface area (Å²) >= 11 is 0. The molecule has 0 bridgehead atoms. The van der Waals surface area contributed by atoms with Crippen LogP contribution in [-0.4, -0.2) is 52.3 Å². The number of carbonyl (C=O) groups excluding carboxylic acids is 2. The highest BCUT2D eigenvalue weighted by Crippen LogP contribution is 2.17. The third-order valence-corrected chi connectivity index (χ3v) is 6.17. The van der Waals surface area contributed by atoms with Crippen molar-refractivity contribution in [3.8, 4) is 0 Å². The first-order valence-corrected chi connectivity index (χ1v) is 12.2. The summed E-state index contributed by atoms with van der Waals surface area (Å²) in [6.07, 6.45) is 5.92. The Kier molecular flexibility index (Phi) is 8.99. The number of halogens is 1. The first kappa shape index (κ1) is 26.7. The number of benzene rings is 2. The van der Waals surface area contributed by atoms with E-state index in [0.717, 1.165) is 18.4 Å². The molecular weight excluding hydrogens is 493 g/mol. The molecular formula is C28H28FN3O6. The molecule has 38 heavy (non-hydrogen) atoms. The number of non-ortho nitro benzene ring substituents is 1. The van der Waals surface area contributed by atoms with Crippen molar-refractivity contribution in [1.82, 2.24) is 9.80 Å². The van der Waals surface area contributed by atoms with E-state index < -0.39 is 4.92 Å². The number of nitro groups is 1. The lowest BCUT2D eigenvalue weighted by atomic mass is 10.1. The van der Waals surface area contributed by atoms with Crippen molar-refractivity contribution < 1.29 is 28.1 Å². The molecule has 0 saturated carbocycles. The SMILES string of the molecule is O=C(C=Cc1ccc([N+](=O)[O-])cc1)N(CC(=O)N(Cc1ccc(F)cc1)Cc1ccco1)CC1CCCO1. The molecule has 2 amide bonds. The molecule has 1 aliphatic heterocycles. The zero-order chi connectivity index (χ0) is 26.9. The van der Waals surface area contributed by atoms with Crippen molar-refractivity contribution in [2.24, 2.45) is 0 Å². The molecule has 1 fully saturated rings. The molecule has 198 valence electrons. The average molecular weight is 522 g/mol. The Hall–Kier alpha value is -4.31. The van der Waals surface area contributed by atoms with Gasteiger partial charge in [-0.15, -0.1) is 0 Å². The molecule has 0 radical (unpaired) electrons. The third-order valence-electron chi connectivity index (χ3n) is 6.17. The Morgan fingerprint density at radius 2 is 1.82 bits per heavy atom. The summed E-state index contributed by atoms with van der Waals surface area (Å²) in [5, 5.41) is 10.9. The largest absolute Gasteiger partial charge is 0.467 e. The van der Waals surface area contributed by atoms with Crippen molar-refractivity contribution in [2.45, 2.75) is 32.0 Å². The van der Waals surface area contributed by atoms with Crippen molar-refractivity contribution in [3.63, 3.8) is 0 Å². The number of furan rings is 1. The Morgan fingerprint density at radius 3 is 2.45 bits per heavy atom. The minimum atomic E-state index is -0.492. The molecule has 10 heteroatoms. The molecule has 9 nitrogen and oxygen atoms in total. The Labute approximate surface area is 219 Å². The second kappa shape index (κ2) is 12.8. The monoisotopic (exact) mass is 521 g/mol. The van der Waals surface area contributed by atoms with Gasteiger partial charge in [0.15, 0.2) is 0 Å². The topological polar surface area (TPSA) is 106 Å². The van der Waals surface area contributed by atoms with Crippen molar-refractivity contribution >= 4 is 23.6 Å². The van der Waals surface area contributed by atoms with Crippen LogP contribution in [0.25, 0.3) is 6.08 Å². The summed E-state index contributed by atoms with van der Waals surface area (Å²) in [7, 11) is 0. The van der Waals surface area contributed by atoms with E-state index in [1.54, 1.807) is 47.4 Å². The fraction of sp³-hybridized carbons (Fsp3) is 0.286. The fourth-order valence-electron chi connectivity index (χ4n) is 4.14. The van der Waals surface area contributed by atoms with E-state index >= 15 is 0 Å². The van der Waals surface area contributed by atoms with Gasteiger partial charge < -0.3 is 19.0 Å². The number of rotatable bonds is 11. The maximum atomic E-state index is 13.5. The third kappa shape index (κ3) is 7.59. The van der Waals surface area contributed by atoms with Gasteiger partial charge in [-0.2, -0.15) is 0 Å². The van der Waals surface area contributed by atoms with Gasteiger partial charge in [-0.1, -0.05) is 12.1 Å². The molecule has 4 rings (SSSR count). The highest BCUT2D eigenvalue weighted by atomic mass is 19.1. The number of hydrogen-bond acceptors (Lipinski definition) is 6. The standard InChI is InChI=1S/C28H28FN3O6/c29-23-10-5-22(6-11-23)17-30(18-25-3-1-15-37-25)28(34)20-31(19-26-4-2-16-38-26)27(33)14-9-21-7-12-24(13-8-21)32(35)36/h1,3,5-15,26H,2,4,16-20H2. The van der Waals surface area contributed by atoms with E-state index in [-0.39, 0.29) is 55.6 Å². The minimum Gasteiger partial charge on any atom is -0.467 e. The predicted molar refractivity (Wildman–Crippen MR) is 137 cm³/mol. The fourth-order valence-corrected chi connectivity index (χ4v) is 4.14. The number of ether oxygens (including phenoxy) is 1. The van der Waals surface area contributed by atoms with Gasteiger partial charge >= 0.3 is 0 Å². The van der Waals surface area contributed by atoms with Crippen LogP contribution in [0.2, 0.25) is 0 Å². The van der Waals surface area contributed by atoms with Gasteiger partial charge in [0.2, 0.25) is 11.8 Å². The van der Waals surface area contributed by atoms with Crippen molar-refractivity contribution in [2.75, 3.05) is 19.7 Å². The molecule has 0 aliphatic carbocycles. The van der Waals surface area contributed by atoms with E-state index in [4.69, 9.17) is 9.15 Å². The summed E-state index contributed by atoms with van der Waals surface area (Å²) in [6, 6.07) is 15.2. The average Bonchev–Trinajstić information content (AvgIpc) is 3.62. The smallest absolute Gasteiger partial charge is 0.269 e. The summed E-state index contributed by atoms with van der Waals surface area (Å²) in [5.41, 5.74) is 1.31. The zero-order valence-electron chi connectivity index (χ0n) is 20.7. The molecule has 1 atom stereocenters. The summed E-state index contributed by atoms with van der Waals surface area (Å²) < 4.78 is 24.5. The van der Waals surface area contributed by atoms with Gasteiger partial charge in [-0.25, -0.2) is 4.39 Å². The zero-order valence-corrected chi connectivity index (χ0v) is 20.7. The van der Waals surface area contributed by atoms with Crippen LogP contribution in [0.4, 0.5) is 10.1 Å². The van der Waals surface area contributed by atoms with E-state index in [9.17, 15) is 24.1 Å². The van der Waals surface area contributed by atoms with Crippen LogP contribution in [0.15, 0.2) is 77.4 Å². The van der Waals surface area contributed by atoms with Gasteiger partial charge in [0.1, 0.15) is 18.1 Å². The lowest BCUT2D eigenvalue weighted by molar-refractivity contribution is -0.384. The minimum absolute atomic E-state index is 0.0446. The number of hydrogen-bond donors (Lipinski definition) is 0. The highest BCUT2D eigenvalue weighted by molar-refractivity contribution is 5.94. The normalized spacial score (nSPS) is 15.0. The first-order chi connectivity index (χ1) is 18.4. The van der Waals surface area contributed by atoms with Crippen LogP contribution in [-0.2, 0) is 27.4 Å². The number of nitro benzene ring substituents is 1. The maximum absolute atomic E-state index is 13.5. The molecule has 2 aromatic carbocycles. The van der Waals surface area contributed by atoms with Crippen LogP contribution >= 0.6 is 0 Å². The number of amides is 2. The Morgan fingerprint density at radius 1 is 1.05 bits per heavy atom. The molecule has 3 aromatic rings. The molecule has 2 heterocycles. The van der Waals surface area contributed by atoms with Gasteiger partial charge in [0.05, 0.1) is 23.8 Å². The molecule has 1 aliphatic rings. The van der Waals surface area contributed by atoms with E-state index in [1.165, 1.54) is 41.5 Å². The second-order valence-corrected chi connectivity index (χ2v) is 8.99. The number of carbonyl (C=O) groups is 2. The lowest BCUT2D eigenvalue weighted by Crippen LogP contribution is -2.44. The second-order valence-electron chi connectivity index (χ2n) is 8.99. The summed E-state index contributed by atoms with van der Waals surface area (Å²) in [5.74, 6) is -0.478. The van der Waals surface area contributed by atoms with Crippen molar-refractivity contribution in [3.05, 3.63) is 106 Å². The summed E-state index contributed by atoms with van der Waals surface area (Å²) in [4.78, 5) is 40.1. The number of nitrogens with zero attached hydrogens (tertiary/aromatic N) is 3. The Bertz CT molecular complexity index is 1250. The van der Waals surface area contributed by atoms with E-state index in [0.29, 0.717) is 17.9 Å². The molecule has 1 saturated heterocycles. The quantitative estimate of drug-likeness (QED) is 0.208. The maximum Gasteiger partial charge on any atom is 0.269 e. The predicted octanol–water partition coefficient (Wildman–Crippen LogP) is 4.58. The molecule has 1 unspecified atom stereocenters. The van der Waals surface area contributed by atoms with Crippen LogP contribution in [0.1, 0.15) is 29.7 Å². The van der Waals surface area contributed by atoms with E-state index in [2.05, 4.69) is 0 Å². The first-order valence-electron chi connectivity index (χ1n) is 12.2. The molecule has 1 aromatic heterocycles. The van der Waals surface area contributed by atoms with Gasteiger partial charge in [0, 0.05) is 37.9 Å². The van der Waals surface area contributed by atoms with Crippen molar-refractivity contribution in [1.29, 1.82) is 0 Å². The Balaban J connectivity index is 1.50. The molecule has 0 N–H and O–H groups in total. The van der Waals surface area contributed by atoms with Gasteiger partial charge in [-0.05, 0) is 66.4 Å². The van der Waals surface area contributed by atoms with Crippen LogP contribution in [0.5, 0.6) is 0 Å². The molecule has 0 spiro atoms.